The number of hydrogen-bond donors (Lipinski definition) is 6. The van der Waals surface area contributed by atoms with Crippen LogP contribution in [0.5, 0.6) is 0 Å². The van der Waals surface area contributed by atoms with Crippen molar-refractivity contribution in [1.29, 1.82) is 0 Å². The highest BCUT2D eigenvalue weighted by Crippen LogP contribution is 2.47. The molecule has 13 nitrogen and oxygen atoms in total. The Bertz CT molecular complexity index is 1150. The third kappa shape index (κ3) is 26.7. The van der Waals surface area contributed by atoms with Gasteiger partial charge in [0.1, 0.15) is 43.2 Å². The Labute approximate surface area is 342 Å². The van der Waals surface area contributed by atoms with Gasteiger partial charge in [-0.15, -0.1) is 0 Å². The molecule has 14 heteroatoms. The summed E-state index contributed by atoms with van der Waals surface area (Å²) in [5.41, 5.74) is 0. The van der Waals surface area contributed by atoms with Crippen LogP contribution in [0.2, 0.25) is 0 Å². The van der Waals surface area contributed by atoms with Crippen LogP contribution in [0.15, 0.2) is 36.5 Å². The van der Waals surface area contributed by atoms with Gasteiger partial charge in [-0.1, -0.05) is 147 Å². The van der Waals surface area contributed by atoms with Crippen molar-refractivity contribution in [1.82, 2.24) is 0 Å². The van der Waals surface area contributed by atoms with Crippen LogP contribution < -0.4 is 0 Å². The standard InChI is InChI=1S/C43H77O13P/c1-3-5-7-9-11-13-15-17-18-20-22-24-26-28-30-32-37(45)55-35(34-54-57(51,52)56-43-41(49)39(47)38(46)40(48)42(43)50)33-53-36(44)31-29-27-25-23-21-19-16-14-12-10-8-6-4-2/h5,7,11,13,17-18,35,38-43,46-50H,3-4,6,8-10,12,14-16,19-34H2,1-2H3,(H,51,52)/b7-5+,13-11+,18-17+/t35-,38?,39-,40?,41?,42?,43?/m1/s1. The molecule has 0 aromatic rings. The molecule has 6 unspecified atom stereocenters. The zero-order chi connectivity index (χ0) is 42.2. The number of hydrogen-bond acceptors (Lipinski definition) is 12. The molecule has 0 amide bonds. The molecular weight excluding hydrogens is 755 g/mol. The third-order valence-electron chi connectivity index (χ3n) is 10.00. The zero-order valence-electron chi connectivity index (χ0n) is 34.9. The van der Waals surface area contributed by atoms with Gasteiger partial charge >= 0.3 is 19.8 Å². The van der Waals surface area contributed by atoms with E-state index in [-0.39, 0.29) is 12.8 Å². The Morgan fingerprint density at radius 1 is 0.561 bits per heavy atom. The van der Waals surface area contributed by atoms with Gasteiger partial charge in [-0.25, -0.2) is 4.57 Å². The number of aliphatic hydroxyl groups is 5. The average molecular weight is 833 g/mol. The number of phosphoric acid groups is 1. The fourth-order valence-electron chi connectivity index (χ4n) is 6.48. The summed E-state index contributed by atoms with van der Waals surface area (Å²) >= 11 is 0. The topological polar surface area (TPSA) is 210 Å². The minimum Gasteiger partial charge on any atom is -0.462 e. The zero-order valence-corrected chi connectivity index (χ0v) is 35.8. The molecule has 0 aliphatic heterocycles. The minimum absolute atomic E-state index is 0.0783. The number of carbonyl (C=O) groups is 2. The summed E-state index contributed by atoms with van der Waals surface area (Å²) in [7, 11) is -5.12. The van der Waals surface area contributed by atoms with E-state index in [0.29, 0.717) is 12.8 Å². The van der Waals surface area contributed by atoms with Gasteiger partial charge in [-0.3, -0.25) is 18.6 Å². The highest BCUT2D eigenvalue weighted by molar-refractivity contribution is 7.47. The van der Waals surface area contributed by atoms with Gasteiger partial charge in [0.25, 0.3) is 0 Å². The van der Waals surface area contributed by atoms with Crippen LogP contribution in [0, 0.1) is 0 Å². The van der Waals surface area contributed by atoms with E-state index < -0.39 is 75.7 Å². The first-order chi connectivity index (χ1) is 27.4. The van der Waals surface area contributed by atoms with Crippen molar-refractivity contribution in [3.8, 4) is 0 Å². The summed E-state index contributed by atoms with van der Waals surface area (Å²) < 4.78 is 33.4. The molecule has 0 radical (unpaired) electrons. The summed E-state index contributed by atoms with van der Waals surface area (Å²) in [6.07, 6.45) is 23.5. The van der Waals surface area contributed by atoms with E-state index in [1.165, 1.54) is 57.8 Å². The number of ether oxygens (including phenoxy) is 2. The predicted molar refractivity (Wildman–Crippen MR) is 221 cm³/mol. The fraction of sp³-hybridized carbons (Fsp3) is 0.814. The molecule has 1 aliphatic carbocycles. The Kier molecular flexibility index (Phi) is 31.5. The van der Waals surface area contributed by atoms with Gasteiger partial charge in [0.15, 0.2) is 6.10 Å². The summed E-state index contributed by atoms with van der Waals surface area (Å²) in [6, 6.07) is 0. The quantitative estimate of drug-likeness (QED) is 0.0156. The van der Waals surface area contributed by atoms with Crippen LogP contribution in [-0.2, 0) is 32.7 Å². The lowest BCUT2D eigenvalue weighted by atomic mass is 9.85. The Hall–Kier alpha value is -1.93. The highest BCUT2D eigenvalue weighted by atomic mass is 31.2. The minimum atomic E-state index is -5.12. The van der Waals surface area contributed by atoms with E-state index in [2.05, 4.69) is 50.3 Å². The number of unbranched alkanes of at least 4 members (excludes halogenated alkanes) is 17. The number of esters is 2. The van der Waals surface area contributed by atoms with Crippen LogP contribution in [0.1, 0.15) is 168 Å². The molecule has 8 atom stereocenters. The Balaban J connectivity index is 2.50. The van der Waals surface area contributed by atoms with E-state index in [4.69, 9.17) is 18.5 Å². The second kappa shape index (κ2) is 33.9. The van der Waals surface area contributed by atoms with Crippen LogP contribution in [0.25, 0.3) is 0 Å². The summed E-state index contributed by atoms with van der Waals surface area (Å²) in [5, 5.41) is 50.0. The third-order valence-corrected chi connectivity index (χ3v) is 11.0. The van der Waals surface area contributed by atoms with Crippen LogP contribution in [-0.4, -0.2) is 98.3 Å². The number of rotatable bonds is 35. The molecule has 0 bridgehead atoms. The lowest BCUT2D eigenvalue weighted by molar-refractivity contribution is -0.220. The lowest BCUT2D eigenvalue weighted by Crippen LogP contribution is -2.64. The van der Waals surface area contributed by atoms with E-state index in [9.17, 15) is 44.6 Å². The van der Waals surface area contributed by atoms with Gasteiger partial charge < -0.3 is 39.9 Å². The molecule has 1 rings (SSSR count). The first-order valence-electron chi connectivity index (χ1n) is 21.8. The second-order valence-corrected chi connectivity index (χ2v) is 16.6. The molecule has 1 saturated carbocycles. The normalized spacial score (nSPS) is 23.0. The van der Waals surface area contributed by atoms with Crippen molar-refractivity contribution in [3.63, 3.8) is 0 Å². The maximum atomic E-state index is 12.8. The first kappa shape index (κ1) is 53.1. The Morgan fingerprint density at radius 2 is 1.00 bits per heavy atom. The van der Waals surface area contributed by atoms with E-state index >= 15 is 0 Å². The van der Waals surface area contributed by atoms with Crippen LogP contribution >= 0.6 is 7.82 Å². The predicted octanol–water partition coefficient (Wildman–Crippen LogP) is 7.83. The second-order valence-electron chi connectivity index (χ2n) is 15.2. The first-order valence-corrected chi connectivity index (χ1v) is 23.3. The van der Waals surface area contributed by atoms with Gasteiger partial charge in [0, 0.05) is 12.8 Å². The van der Waals surface area contributed by atoms with E-state index in [1.807, 2.05) is 0 Å². The number of aliphatic hydroxyl groups excluding tert-OH is 5. The molecule has 1 aliphatic rings. The van der Waals surface area contributed by atoms with Crippen molar-refractivity contribution in [2.45, 2.75) is 211 Å². The SMILES string of the molecule is CC/C=C/C/C=C/C/C=C/CCCCCCCC(=O)O[C@H](COC(=O)CCCCCCCCCCCCCCC)COP(=O)(O)OC1C(O)C(O)C(O)[C@@H](O)C1O. The summed E-state index contributed by atoms with van der Waals surface area (Å²) in [6.45, 7) is 3.16. The van der Waals surface area contributed by atoms with Crippen molar-refractivity contribution >= 4 is 19.8 Å². The van der Waals surface area contributed by atoms with Crippen molar-refractivity contribution in [3.05, 3.63) is 36.5 Å². The largest absolute Gasteiger partial charge is 0.472 e. The van der Waals surface area contributed by atoms with Gasteiger partial charge in [0.2, 0.25) is 0 Å². The van der Waals surface area contributed by atoms with Gasteiger partial charge in [-0.05, 0) is 44.9 Å². The van der Waals surface area contributed by atoms with Crippen molar-refractivity contribution in [2.75, 3.05) is 13.2 Å². The monoisotopic (exact) mass is 833 g/mol. The molecule has 1 fully saturated rings. The Morgan fingerprint density at radius 3 is 1.53 bits per heavy atom. The smallest absolute Gasteiger partial charge is 0.462 e. The molecule has 0 spiro atoms. The fourth-order valence-corrected chi connectivity index (χ4v) is 7.45. The molecule has 332 valence electrons. The maximum absolute atomic E-state index is 12.8. The summed E-state index contributed by atoms with van der Waals surface area (Å²) in [5.74, 6) is -1.12. The molecule has 0 heterocycles. The highest BCUT2D eigenvalue weighted by Gasteiger charge is 2.51. The molecule has 6 N–H and O–H groups in total. The maximum Gasteiger partial charge on any atom is 0.472 e. The molecule has 0 aromatic carbocycles. The number of allylic oxidation sites excluding steroid dienone is 6. The van der Waals surface area contributed by atoms with Crippen molar-refractivity contribution < 1.29 is 63.1 Å². The van der Waals surface area contributed by atoms with Crippen LogP contribution in [0.3, 0.4) is 0 Å². The molecule has 0 aromatic heterocycles. The average Bonchev–Trinajstić information content (AvgIpc) is 3.19. The van der Waals surface area contributed by atoms with Crippen molar-refractivity contribution in [2.24, 2.45) is 0 Å². The van der Waals surface area contributed by atoms with E-state index in [1.54, 1.807) is 0 Å². The van der Waals surface area contributed by atoms with Gasteiger partial charge in [0.05, 0.1) is 6.61 Å². The van der Waals surface area contributed by atoms with E-state index in [0.717, 1.165) is 70.6 Å². The van der Waals surface area contributed by atoms with Gasteiger partial charge in [-0.2, -0.15) is 0 Å². The van der Waals surface area contributed by atoms with Crippen LogP contribution in [0.4, 0.5) is 0 Å². The molecule has 57 heavy (non-hydrogen) atoms. The molecule has 0 saturated heterocycles. The number of phosphoric ester groups is 1. The lowest BCUT2D eigenvalue weighted by Gasteiger charge is -2.41. The summed E-state index contributed by atoms with van der Waals surface area (Å²) in [4.78, 5) is 35.6. The molecular formula is C43H77O13P. The number of carbonyl (C=O) groups excluding carboxylic acids is 2.